The first-order valence-electron chi connectivity index (χ1n) is 4.03. The van der Waals surface area contributed by atoms with E-state index < -0.39 is 18.8 Å². The second-order valence-electron chi connectivity index (χ2n) is 2.96. The van der Waals surface area contributed by atoms with Gasteiger partial charge in [0.2, 0.25) is 0 Å². The minimum atomic E-state index is -4.37. The number of carbonyl (C=O) groups excluding carboxylic acids is 1. The van der Waals surface area contributed by atoms with Gasteiger partial charge in [0.15, 0.2) is 0 Å². The molecule has 0 radical (unpaired) electrons. The zero-order valence-electron chi connectivity index (χ0n) is 8.03. The van der Waals surface area contributed by atoms with Crippen molar-refractivity contribution in [3.05, 3.63) is 11.6 Å². The topological polar surface area (TPSA) is 41.1 Å². The number of alkyl halides is 3. The Morgan fingerprint density at radius 1 is 1.29 bits per heavy atom. The molecule has 0 atom stereocenters. The predicted molar refractivity (Wildman–Crippen MR) is 46.9 cm³/mol. The fraction of sp³-hybridized carbons (Fsp3) is 0.625. The molecule has 0 aliphatic heterocycles. The van der Waals surface area contributed by atoms with Gasteiger partial charge in [0.25, 0.3) is 0 Å². The van der Waals surface area contributed by atoms with Crippen molar-refractivity contribution in [2.75, 3.05) is 13.1 Å². The highest BCUT2D eigenvalue weighted by Gasteiger charge is 2.27. The maximum atomic E-state index is 11.6. The predicted octanol–water partition coefficient (Wildman–Crippen LogP) is 1.81. The lowest BCUT2D eigenvalue weighted by molar-refractivity contribution is -0.122. The lowest BCUT2D eigenvalue weighted by atomic mass is 10.3. The molecule has 82 valence electrons. The summed E-state index contributed by atoms with van der Waals surface area (Å²) < 4.78 is 34.8. The van der Waals surface area contributed by atoms with Crippen molar-refractivity contribution in [3.63, 3.8) is 0 Å². The van der Waals surface area contributed by atoms with Crippen LogP contribution in [0, 0.1) is 0 Å². The molecule has 0 saturated heterocycles. The fourth-order valence-corrected chi connectivity index (χ4v) is 0.591. The second kappa shape index (κ2) is 5.51. The Hall–Kier alpha value is -1.20. The number of urea groups is 1. The Bertz CT molecular complexity index is 219. The third-order valence-electron chi connectivity index (χ3n) is 1.22. The van der Waals surface area contributed by atoms with Crippen LogP contribution in [-0.2, 0) is 0 Å². The molecule has 0 bridgehead atoms. The third kappa shape index (κ3) is 8.89. The SMILES string of the molecule is CC(C)=CCNC(=O)NCC(F)(F)F. The Morgan fingerprint density at radius 3 is 2.29 bits per heavy atom. The Kier molecular flexibility index (Phi) is 5.04. The van der Waals surface area contributed by atoms with Crippen molar-refractivity contribution in [2.24, 2.45) is 0 Å². The standard InChI is InChI=1S/C8H13F3N2O/c1-6(2)3-4-12-7(14)13-5-8(9,10)11/h3H,4-5H2,1-2H3,(H2,12,13,14). The van der Waals surface area contributed by atoms with Gasteiger partial charge in [-0.3, -0.25) is 0 Å². The van der Waals surface area contributed by atoms with Crippen molar-refractivity contribution in [1.82, 2.24) is 10.6 Å². The molecule has 0 saturated carbocycles. The van der Waals surface area contributed by atoms with Gasteiger partial charge in [-0.2, -0.15) is 13.2 Å². The van der Waals surface area contributed by atoms with Crippen molar-refractivity contribution < 1.29 is 18.0 Å². The number of rotatable bonds is 3. The van der Waals surface area contributed by atoms with Gasteiger partial charge in [-0.1, -0.05) is 11.6 Å². The van der Waals surface area contributed by atoms with Gasteiger partial charge in [0, 0.05) is 6.54 Å². The summed E-state index contributed by atoms with van der Waals surface area (Å²) in [6, 6.07) is -0.820. The first-order valence-corrected chi connectivity index (χ1v) is 4.03. The molecule has 3 nitrogen and oxygen atoms in total. The lowest BCUT2D eigenvalue weighted by Gasteiger charge is -2.08. The van der Waals surface area contributed by atoms with E-state index in [1.165, 1.54) is 0 Å². The van der Waals surface area contributed by atoms with Crippen molar-refractivity contribution in [1.29, 1.82) is 0 Å². The van der Waals surface area contributed by atoms with E-state index in [0.717, 1.165) is 5.57 Å². The van der Waals surface area contributed by atoms with Crippen molar-refractivity contribution in [3.8, 4) is 0 Å². The molecule has 0 aromatic heterocycles. The number of hydrogen-bond acceptors (Lipinski definition) is 1. The number of allylic oxidation sites excluding steroid dienone is 1. The largest absolute Gasteiger partial charge is 0.405 e. The quantitative estimate of drug-likeness (QED) is 0.685. The van der Waals surface area contributed by atoms with Crippen LogP contribution in [0.15, 0.2) is 11.6 Å². The molecule has 0 rings (SSSR count). The molecular formula is C8H13F3N2O. The van der Waals surface area contributed by atoms with E-state index in [0.29, 0.717) is 0 Å². The maximum absolute atomic E-state index is 11.6. The number of amides is 2. The molecule has 2 N–H and O–H groups in total. The van der Waals surface area contributed by atoms with Crippen molar-refractivity contribution in [2.45, 2.75) is 20.0 Å². The summed E-state index contributed by atoms with van der Waals surface area (Å²) in [5.41, 5.74) is 0.987. The molecule has 14 heavy (non-hydrogen) atoms. The van der Waals surface area contributed by atoms with Crippen LogP contribution in [0.3, 0.4) is 0 Å². The van der Waals surface area contributed by atoms with Gasteiger partial charge in [-0.05, 0) is 13.8 Å². The van der Waals surface area contributed by atoms with E-state index >= 15 is 0 Å². The fourth-order valence-electron chi connectivity index (χ4n) is 0.591. The second-order valence-corrected chi connectivity index (χ2v) is 2.96. The monoisotopic (exact) mass is 210 g/mol. The number of hydrogen-bond donors (Lipinski definition) is 2. The Morgan fingerprint density at radius 2 is 1.86 bits per heavy atom. The molecule has 0 aliphatic carbocycles. The molecule has 0 spiro atoms. The van der Waals surface area contributed by atoms with Crippen molar-refractivity contribution >= 4 is 6.03 Å². The van der Waals surface area contributed by atoms with Crippen LogP contribution < -0.4 is 10.6 Å². The van der Waals surface area contributed by atoms with Gasteiger partial charge in [-0.25, -0.2) is 4.79 Å². The average Bonchev–Trinajstić information content (AvgIpc) is 1.99. The third-order valence-corrected chi connectivity index (χ3v) is 1.22. The van der Waals surface area contributed by atoms with E-state index in [-0.39, 0.29) is 6.54 Å². The van der Waals surface area contributed by atoms with Gasteiger partial charge >= 0.3 is 12.2 Å². The molecule has 0 unspecified atom stereocenters. The lowest BCUT2D eigenvalue weighted by Crippen LogP contribution is -2.40. The van der Waals surface area contributed by atoms with E-state index in [9.17, 15) is 18.0 Å². The number of nitrogens with one attached hydrogen (secondary N) is 2. The minimum absolute atomic E-state index is 0.228. The molecule has 0 aromatic rings. The van der Waals surface area contributed by atoms with E-state index in [1.54, 1.807) is 11.4 Å². The van der Waals surface area contributed by atoms with Crippen LogP contribution in [0.25, 0.3) is 0 Å². The summed E-state index contributed by atoms with van der Waals surface area (Å²) in [6.45, 7) is 2.57. The molecule has 0 fully saturated rings. The van der Waals surface area contributed by atoms with E-state index in [4.69, 9.17) is 0 Å². The van der Waals surface area contributed by atoms with E-state index in [2.05, 4.69) is 5.32 Å². The maximum Gasteiger partial charge on any atom is 0.405 e. The summed E-state index contributed by atoms with van der Waals surface area (Å²) in [7, 11) is 0. The molecule has 2 amide bonds. The highest BCUT2D eigenvalue weighted by molar-refractivity contribution is 5.73. The molecular weight excluding hydrogens is 197 g/mol. The highest BCUT2D eigenvalue weighted by atomic mass is 19.4. The number of halogens is 3. The minimum Gasteiger partial charge on any atom is -0.335 e. The molecule has 0 aromatic carbocycles. The summed E-state index contributed by atoms with van der Waals surface area (Å²) >= 11 is 0. The summed E-state index contributed by atoms with van der Waals surface area (Å²) in [4.78, 5) is 10.7. The molecule has 0 heterocycles. The van der Waals surface area contributed by atoms with Gasteiger partial charge in [0.05, 0.1) is 0 Å². The van der Waals surface area contributed by atoms with Crippen LogP contribution in [0.1, 0.15) is 13.8 Å². The highest BCUT2D eigenvalue weighted by Crippen LogP contribution is 2.11. The summed E-state index contributed by atoms with van der Waals surface area (Å²) in [5.74, 6) is 0. The summed E-state index contributed by atoms with van der Waals surface area (Å²) in [5, 5.41) is 3.95. The zero-order chi connectivity index (χ0) is 11.2. The van der Waals surface area contributed by atoms with Crippen LogP contribution in [0.2, 0.25) is 0 Å². The number of carbonyl (C=O) groups is 1. The Balaban J connectivity index is 3.62. The molecule has 0 aliphatic rings. The average molecular weight is 210 g/mol. The van der Waals surface area contributed by atoms with Crippen LogP contribution in [0.4, 0.5) is 18.0 Å². The normalized spacial score (nSPS) is 10.6. The van der Waals surface area contributed by atoms with Gasteiger partial charge < -0.3 is 10.6 Å². The Labute approximate surface area is 80.4 Å². The first kappa shape index (κ1) is 12.8. The molecule has 6 heteroatoms. The first-order chi connectivity index (χ1) is 6.31. The zero-order valence-corrected chi connectivity index (χ0v) is 8.03. The van der Waals surface area contributed by atoms with Gasteiger partial charge in [-0.15, -0.1) is 0 Å². The van der Waals surface area contributed by atoms with Crippen LogP contribution >= 0.6 is 0 Å². The smallest absolute Gasteiger partial charge is 0.335 e. The summed E-state index contributed by atoms with van der Waals surface area (Å²) in [6.07, 6.45) is -2.67. The van der Waals surface area contributed by atoms with Crippen LogP contribution in [0.5, 0.6) is 0 Å². The van der Waals surface area contributed by atoms with Crippen LogP contribution in [-0.4, -0.2) is 25.3 Å². The van der Waals surface area contributed by atoms with Gasteiger partial charge in [0.1, 0.15) is 6.54 Å². The van der Waals surface area contributed by atoms with E-state index in [1.807, 2.05) is 13.8 Å².